The number of benzene rings is 1. The molecule has 1 fully saturated rings. The smallest absolute Gasteiger partial charge is 0.252 e. The van der Waals surface area contributed by atoms with Crippen LogP contribution < -0.4 is 10.6 Å². The van der Waals surface area contributed by atoms with E-state index >= 15 is 0 Å². The zero-order valence-corrected chi connectivity index (χ0v) is 13.3. The molecule has 1 aromatic rings. The van der Waals surface area contributed by atoms with Crippen molar-refractivity contribution in [2.45, 2.75) is 25.4 Å². The van der Waals surface area contributed by atoms with Crippen molar-refractivity contribution < 1.29 is 9.53 Å². The molecule has 0 saturated carbocycles. The number of hydrogen-bond acceptors (Lipinski definition) is 3. The average Bonchev–Trinajstić information content (AvgIpc) is 2.47. The standard InChI is InChI=1S/C15H20Cl2N2O2/c16-11-2-3-13(14(17)10-11)15(20)19-6-1-9-21-12-4-7-18-8-5-12/h2-3,10,12,18H,1,4-9H2,(H,19,20). The molecule has 21 heavy (non-hydrogen) atoms. The van der Waals surface area contributed by atoms with Gasteiger partial charge in [-0.1, -0.05) is 23.2 Å². The molecule has 0 bridgehead atoms. The molecule has 2 N–H and O–H groups in total. The third kappa shape index (κ3) is 5.47. The van der Waals surface area contributed by atoms with E-state index in [4.69, 9.17) is 27.9 Å². The molecule has 116 valence electrons. The first-order valence-electron chi connectivity index (χ1n) is 7.22. The molecule has 1 aromatic carbocycles. The van der Waals surface area contributed by atoms with E-state index in [0.29, 0.717) is 34.9 Å². The Morgan fingerprint density at radius 1 is 1.33 bits per heavy atom. The first kappa shape index (κ1) is 16.6. The number of ether oxygens (including phenoxy) is 1. The maximum absolute atomic E-state index is 12.0. The molecule has 6 heteroatoms. The van der Waals surface area contributed by atoms with Crippen LogP contribution in [0.25, 0.3) is 0 Å². The fourth-order valence-corrected chi connectivity index (χ4v) is 2.75. The zero-order valence-electron chi connectivity index (χ0n) is 11.8. The van der Waals surface area contributed by atoms with Gasteiger partial charge in [0.2, 0.25) is 0 Å². The molecular weight excluding hydrogens is 311 g/mol. The number of halogens is 2. The predicted molar refractivity (Wildman–Crippen MR) is 85.3 cm³/mol. The van der Waals surface area contributed by atoms with Crippen LogP contribution in [0.15, 0.2) is 18.2 Å². The van der Waals surface area contributed by atoms with Crippen LogP contribution in [0.4, 0.5) is 0 Å². The van der Waals surface area contributed by atoms with Crippen LogP contribution in [0, 0.1) is 0 Å². The Hall–Kier alpha value is -0.810. The number of piperidine rings is 1. The van der Waals surface area contributed by atoms with Gasteiger partial charge in [0.25, 0.3) is 5.91 Å². The van der Waals surface area contributed by atoms with Crippen molar-refractivity contribution in [2.75, 3.05) is 26.2 Å². The second-order valence-corrected chi connectivity index (χ2v) is 5.90. The summed E-state index contributed by atoms with van der Waals surface area (Å²) in [6.07, 6.45) is 3.27. The molecule has 0 unspecified atom stereocenters. The normalized spacial score (nSPS) is 15.9. The average molecular weight is 331 g/mol. The molecule has 4 nitrogen and oxygen atoms in total. The fraction of sp³-hybridized carbons (Fsp3) is 0.533. The van der Waals surface area contributed by atoms with Gasteiger partial charge >= 0.3 is 0 Å². The van der Waals surface area contributed by atoms with E-state index in [1.165, 1.54) is 0 Å². The van der Waals surface area contributed by atoms with Crippen molar-refractivity contribution in [1.29, 1.82) is 0 Å². The fourth-order valence-electron chi connectivity index (χ4n) is 2.26. The summed E-state index contributed by atoms with van der Waals surface area (Å²) in [6.45, 7) is 3.29. The van der Waals surface area contributed by atoms with Gasteiger partial charge in [-0.3, -0.25) is 4.79 Å². The molecular formula is C15H20Cl2N2O2. The zero-order chi connectivity index (χ0) is 15.1. The van der Waals surface area contributed by atoms with Gasteiger partial charge in [-0.15, -0.1) is 0 Å². The van der Waals surface area contributed by atoms with Crippen LogP contribution in [-0.2, 0) is 4.74 Å². The molecule has 1 saturated heterocycles. The molecule has 1 amide bonds. The molecule has 1 heterocycles. The second kappa shape index (κ2) is 8.59. The summed E-state index contributed by atoms with van der Waals surface area (Å²) in [5, 5.41) is 7.02. The Balaban J connectivity index is 1.64. The molecule has 0 aromatic heterocycles. The molecule has 0 spiro atoms. The minimum atomic E-state index is -0.182. The summed E-state index contributed by atoms with van der Waals surface area (Å²) in [5.74, 6) is -0.182. The summed E-state index contributed by atoms with van der Waals surface area (Å²) in [4.78, 5) is 12.0. The quantitative estimate of drug-likeness (QED) is 0.788. The third-order valence-corrected chi connectivity index (χ3v) is 3.97. The van der Waals surface area contributed by atoms with Gasteiger partial charge in [0.15, 0.2) is 0 Å². The minimum absolute atomic E-state index is 0.182. The SMILES string of the molecule is O=C(NCCCOC1CCNCC1)c1ccc(Cl)cc1Cl. The highest BCUT2D eigenvalue weighted by molar-refractivity contribution is 6.36. The van der Waals surface area contributed by atoms with Crippen molar-refractivity contribution in [1.82, 2.24) is 10.6 Å². The first-order chi connectivity index (χ1) is 10.2. The molecule has 1 aliphatic rings. The number of hydrogen-bond donors (Lipinski definition) is 2. The van der Waals surface area contributed by atoms with E-state index in [1.54, 1.807) is 18.2 Å². The van der Waals surface area contributed by atoms with E-state index in [-0.39, 0.29) is 5.91 Å². The lowest BCUT2D eigenvalue weighted by Gasteiger charge is -2.22. The Morgan fingerprint density at radius 3 is 2.81 bits per heavy atom. The highest BCUT2D eigenvalue weighted by Crippen LogP contribution is 2.20. The van der Waals surface area contributed by atoms with Crippen molar-refractivity contribution in [2.24, 2.45) is 0 Å². The van der Waals surface area contributed by atoms with Gasteiger partial charge in [-0.2, -0.15) is 0 Å². The molecule has 1 aliphatic heterocycles. The van der Waals surface area contributed by atoms with Crippen LogP contribution in [0.3, 0.4) is 0 Å². The van der Waals surface area contributed by atoms with Gasteiger partial charge < -0.3 is 15.4 Å². The van der Waals surface area contributed by atoms with E-state index in [9.17, 15) is 4.79 Å². The largest absolute Gasteiger partial charge is 0.378 e. The van der Waals surface area contributed by atoms with Gasteiger partial charge in [0, 0.05) is 18.2 Å². The number of amides is 1. The van der Waals surface area contributed by atoms with Crippen molar-refractivity contribution >= 4 is 29.1 Å². The van der Waals surface area contributed by atoms with Crippen LogP contribution in [-0.4, -0.2) is 38.3 Å². The Morgan fingerprint density at radius 2 is 2.10 bits per heavy atom. The number of nitrogens with one attached hydrogen (secondary N) is 2. The lowest BCUT2D eigenvalue weighted by Crippen LogP contribution is -2.33. The van der Waals surface area contributed by atoms with Crippen LogP contribution in [0.2, 0.25) is 10.0 Å². The highest BCUT2D eigenvalue weighted by atomic mass is 35.5. The van der Waals surface area contributed by atoms with Gasteiger partial charge in [0.05, 0.1) is 16.7 Å². The molecule has 0 atom stereocenters. The van der Waals surface area contributed by atoms with Crippen LogP contribution in [0.5, 0.6) is 0 Å². The van der Waals surface area contributed by atoms with Gasteiger partial charge in [-0.05, 0) is 50.6 Å². The maximum atomic E-state index is 12.0. The van der Waals surface area contributed by atoms with Crippen LogP contribution >= 0.6 is 23.2 Å². The van der Waals surface area contributed by atoms with Crippen molar-refractivity contribution in [3.05, 3.63) is 33.8 Å². The van der Waals surface area contributed by atoms with E-state index in [2.05, 4.69) is 10.6 Å². The summed E-state index contributed by atoms with van der Waals surface area (Å²) >= 11 is 11.8. The van der Waals surface area contributed by atoms with E-state index in [1.807, 2.05) is 0 Å². The topological polar surface area (TPSA) is 50.4 Å². The first-order valence-corrected chi connectivity index (χ1v) is 7.98. The predicted octanol–water partition coefficient (Wildman–Crippen LogP) is 2.88. The Bertz CT molecular complexity index is 477. The number of carbonyl (C=O) groups is 1. The van der Waals surface area contributed by atoms with Gasteiger partial charge in [-0.25, -0.2) is 0 Å². The Labute approximate surface area is 135 Å². The Kier molecular flexibility index (Phi) is 6.77. The lowest BCUT2D eigenvalue weighted by atomic mass is 10.1. The number of rotatable bonds is 6. The van der Waals surface area contributed by atoms with Crippen molar-refractivity contribution in [3.63, 3.8) is 0 Å². The summed E-state index contributed by atoms with van der Waals surface area (Å²) in [5.41, 5.74) is 0.445. The third-order valence-electron chi connectivity index (χ3n) is 3.42. The molecule has 0 radical (unpaired) electrons. The van der Waals surface area contributed by atoms with E-state index < -0.39 is 0 Å². The molecule has 0 aliphatic carbocycles. The summed E-state index contributed by atoms with van der Waals surface area (Å²) in [6, 6.07) is 4.85. The number of carbonyl (C=O) groups excluding carboxylic acids is 1. The van der Waals surface area contributed by atoms with Gasteiger partial charge in [0.1, 0.15) is 0 Å². The second-order valence-electron chi connectivity index (χ2n) is 5.05. The monoisotopic (exact) mass is 330 g/mol. The summed E-state index contributed by atoms with van der Waals surface area (Å²) < 4.78 is 5.78. The minimum Gasteiger partial charge on any atom is -0.378 e. The van der Waals surface area contributed by atoms with Crippen LogP contribution in [0.1, 0.15) is 29.6 Å². The van der Waals surface area contributed by atoms with E-state index in [0.717, 1.165) is 32.4 Å². The highest BCUT2D eigenvalue weighted by Gasteiger charge is 2.13. The molecule has 2 rings (SSSR count). The van der Waals surface area contributed by atoms with Crippen molar-refractivity contribution in [3.8, 4) is 0 Å². The lowest BCUT2D eigenvalue weighted by molar-refractivity contribution is 0.0318. The summed E-state index contributed by atoms with van der Waals surface area (Å²) in [7, 11) is 0. The maximum Gasteiger partial charge on any atom is 0.252 e.